The number of nitrogens with zero attached hydrogens (tertiary/aromatic N) is 2. The third-order valence-corrected chi connectivity index (χ3v) is 2.35. The van der Waals surface area contributed by atoms with Gasteiger partial charge in [0.15, 0.2) is 0 Å². The molecule has 7 heteroatoms. The third-order valence-electron chi connectivity index (χ3n) is 2.35. The maximum absolute atomic E-state index is 12.5. The number of aromatic nitrogens is 1. The van der Waals surface area contributed by atoms with Crippen molar-refractivity contribution in [2.45, 2.75) is 19.1 Å². The van der Waals surface area contributed by atoms with Crippen molar-refractivity contribution >= 4 is 5.82 Å². The normalized spacial score (nSPS) is 13.4. The van der Waals surface area contributed by atoms with E-state index in [0.29, 0.717) is 5.56 Å². The van der Waals surface area contributed by atoms with E-state index in [-0.39, 0.29) is 19.0 Å². The Morgan fingerprint density at radius 2 is 2.17 bits per heavy atom. The van der Waals surface area contributed by atoms with Crippen molar-refractivity contribution in [3.63, 3.8) is 0 Å². The summed E-state index contributed by atoms with van der Waals surface area (Å²) in [6.45, 7) is -0.0171. The van der Waals surface area contributed by atoms with E-state index in [1.165, 1.54) is 6.20 Å². The average Bonchev–Trinajstić information content (AvgIpc) is 2.26. The van der Waals surface area contributed by atoms with E-state index in [0.717, 1.165) is 4.90 Å². The summed E-state index contributed by atoms with van der Waals surface area (Å²) < 4.78 is 37.4. The first-order valence-corrected chi connectivity index (χ1v) is 5.48. The van der Waals surface area contributed by atoms with Crippen molar-refractivity contribution in [1.29, 1.82) is 0 Å². The SMILES string of the molecule is C[C@@H](N)c1cccnc1N(CCO)CC(F)(F)F. The number of aliphatic hydroxyl groups is 1. The van der Waals surface area contributed by atoms with E-state index in [1.807, 2.05) is 0 Å². The molecular formula is C11H16F3N3O. The van der Waals surface area contributed by atoms with Gasteiger partial charge >= 0.3 is 6.18 Å². The first-order chi connectivity index (χ1) is 8.35. The minimum Gasteiger partial charge on any atom is -0.395 e. The zero-order valence-electron chi connectivity index (χ0n) is 9.98. The molecule has 0 aliphatic carbocycles. The molecule has 0 unspecified atom stereocenters. The van der Waals surface area contributed by atoms with Crippen molar-refractivity contribution in [1.82, 2.24) is 4.98 Å². The lowest BCUT2D eigenvalue weighted by molar-refractivity contribution is -0.120. The minimum atomic E-state index is -4.36. The van der Waals surface area contributed by atoms with Crippen LogP contribution in [0.2, 0.25) is 0 Å². The number of nitrogens with two attached hydrogens (primary N) is 1. The molecule has 102 valence electrons. The maximum atomic E-state index is 12.5. The molecule has 1 heterocycles. The van der Waals surface area contributed by atoms with E-state index < -0.39 is 18.8 Å². The molecule has 0 amide bonds. The Morgan fingerprint density at radius 1 is 1.50 bits per heavy atom. The van der Waals surface area contributed by atoms with Crippen LogP contribution in [0, 0.1) is 0 Å². The number of pyridine rings is 1. The first kappa shape index (κ1) is 14.7. The first-order valence-electron chi connectivity index (χ1n) is 5.48. The number of rotatable bonds is 5. The van der Waals surface area contributed by atoms with Crippen LogP contribution in [0.15, 0.2) is 18.3 Å². The quantitative estimate of drug-likeness (QED) is 0.844. The minimum absolute atomic E-state index is 0.143. The zero-order valence-corrected chi connectivity index (χ0v) is 9.98. The van der Waals surface area contributed by atoms with E-state index in [2.05, 4.69) is 4.98 Å². The Labute approximate surface area is 103 Å². The van der Waals surface area contributed by atoms with Gasteiger partial charge in [-0.05, 0) is 13.0 Å². The van der Waals surface area contributed by atoms with Crippen LogP contribution in [0.4, 0.5) is 19.0 Å². The highest BCUT2D eigenvalue weighted by molar-refractivity contribution is 5.48. The molecule has 1 aromatic heterocycles. The Balaban J connectivity index is 3.05. The molecule has 0 saturated carbocycles. The number of hydrogen-bond acceptors (Lipinski definition) is 4. The van der Waals surface area contributed by atoms with Gasteiger partial charge in [-0.25, -0.2) is 4.98 Å². The van der Waals surface area contributed by atoms with Gasteiger partial charge in [-0.1, -0.05) is 6.07 Å². The highest BCUT2D eigenvalue weighted by Gasteiger charge is 2.32. The molecule has 0 radical (unpaired) electrons. The zero-order chi connectivity index (χ0) is 13.8. The van der Waals surface area contributed by atoms with Crippen LogP contribution in [0.3, 0.4) is 0 Å². The fourth-order valence-corrected chi connectivity index (χ4v) is 1.63. The number of alkyl halides is 3. The third kappa shape index (κ3) is 4.15. The fourth-order valence-electron chi connectivity index (χ4n) is 1.63. The molecule has 0 aliphatic rings. The van der Waals surface area contributed by atoms with E-state index in [4.69, 9.17) is 10.8 Å². The fraction of sp³-hybridized carbons (Fsp3) is 0.545. The van der Waals surface area contributed by atoms with E-state index in [9.17, 15) is 13.2 Å². The summed E-state index contributed by atoms with van der Waals surface area (Å²) >= 11 is 0. The van der Waals surface area contributed by atoms with Crippen LogP contribution in [0.25, 0.3) is 0 Å². The van der Waals surface area contributed by atoms with E-state index in [1.54, 1.807) is 19.1 Å². The lowest BCUT2D eigenvalue weighted by Gasteiger charge is -2.27. The summed E-state index contributed by atoms with van der Waals surface area (Å²) in [5, 5.41) is 8.86. The predicted octanol–water partition coefficient (Wildman–Crippen LogP) is 1.46. The molecule has 4 nitrogen and oxygen atoms in total. The molecule has 0 fully saturated rings. The van der Waals surface area contributed by atoms with Gasteiger partial charge in [0.2, 0.25) is 0 Å². The van der Waals surface area contributed by atoms with Gasteiger partial charge in [0, 0.05) is 24.3 Å². The average molecular weight is 263 g/mol. The van der Waals surface area contributed by atoms with Crippen LogP contribution >= 0.6 is 0 Å². The molecule has 0 aromatic carbocycles. The smallest absolute Gasteiger partial charge is 0.395 e. The van der Waals surface area contributed by atoms with Crippen LogP contribution in [-0.4, -0.2) is 36.0 Å². The molecule has 0 bridgehead atoms. The van der Waals surface area contributed by atoms with E-state index >= 15 is 0 Å². The lowest BCUT2D eigenvalue weighted by Crippen LogP contribution is -2.37. The van der Waals surface area contributed by atoms with Crippen molar-refractivity contribution in [2.75, 3.05) is 24.6 Å². The second kappa shape index (κ2) is 6.01. The van der Waals surface area contributed by atoms with Crippen molar-refractivity contribution < 1.29 is 18.3 Å². The summed E-state index contributed by atoms with van der Waals surface area (Å²) in [5.74, 6) is 0.166. The summed E-state index contributed by atoms with van der Waals surface area (Å²) in [4.78, 5) is 4.92. The maximum Gasteiger partial charge on any atom is 0.405 e. The highest BCUT2D eigenvalue weighted by atomic mass is 19.4. The molecule has 1 aromatic rings. The number of anilines is 1. The van der Waals surface area contributed by atoms with Gasteiger partial charge in [0.1, 0.15) is 12.4 Å². The van der Waals surface area contributed by atoms with Gasteiger partial charge in [0.05, 0.1) is 6.61 Å². The summed E-state index contributed by atoms with van der Waals surface area (Å²) in [6, 6.07) is 2.82. The Morgan fingerprint density at radius 3 is 2.67 bits per heavy atom. The molecule has 18 heavy (non-hydrogen) atoms. The molecule has 1 rings (SSSR count). The number of aliphatic hydroxyl groups excluding tert-OH is 1. The second-order valence-electron chi connectivity index (χ2n) is 3.97. The lowest BCUT2D eigenvalue weighted by atomic mass is 10.1. The molecule has 3 N–H and O–H groups in total. The van der Waals surface area contributed by atoms with Gasteiger partial charge < -0.3 is 15.7 Å². The second-order valence-corrected chi connectivity index (χ2v) is 3.97. The van der Waals surface area contributed by atoms with Crippen LogP contribution in [-0.2, 0) is 0 Å². The van der Waals surface area contributed by atoms with Crippen LogP contribution < -0.4 is 10.6 Å². The van der Waals surface area contributed by atoms with Crippen molar-refractivity contribution in [3.05, 3.63) is 23.9 Å². The van der Waals surface area contributed by atoms with Crippen molar-refractivity contribution in [3.8, 4) is 0 Å². The summed E-state index contributed by atoms with van der Waals surface area (Å²) in [5.41, 5.74) is 6.23. The Hall–Kier alpha value is -1.34. The largest absolute Gasteiger partial charge is 0.405 e. The molecular weight excluding hydrogens is 247 g/mol. The van der Waals surface area contributed by atoms with Gasteiger partial charge in [-0.15, -0.1) is 0 Å². The summed E-state index contributed by atoms with van der Waals surface area (Å²) in [6.07, 6.45) is -2.95. The van der Waals surface area contributed by atoms with Gasteiger partial charge in [0.25, 0.3) is 0 Å². The molecule has 0 aliphatic heterocycles. The summed E-state index contributed by atoms with van der Waals surface area (Å²) in [7, 11) is 0. The molecule has 0 spiro atoms. The topological polar surface area (TPSA) is 62.4 Å². The monoisotopic (exact) mass is 263 g/mol. The standard InChI is InChI=1S/C11H16F3N3O/c1-8(15)9-3-2-4-16-10(9)17(5-6-18)7-11(12,13)14/h2-4,8,18H,5-7,15H2,1H3/t8-/m1/s1. The van der Waals surface area contributed by atoms with Crippen molar-refractivity contribution in [2.24, 2.45) is 5.73 Å². The molecule has 1 atom stereocenters. The highest BCUT2D eigenvalue weighted by Crippen LogP contribution is 2.25. The predicted molar refractivity (Wildman–Crippen MR) is 62.2 cm³/mol. The van der Waals surface area contributed by atoms with Crippen LogP contribution in [0.1, 0.15) is 18.5 Å². The Bertz CT molecular complexity index is 382. The van der Waals surface area contributed by atoms with Crippen LogP contribution in [0.5, 0.6) is 0 Å². The Kier molecular flexibility index (Phi) is 4.92. The van der Waals surface area contributed by atoms with Gasteiger partial charge in [-0.3, -0.25) is 0 Å². The number of halogens is 3. The number of hydrogen-bond donors (Lipinski definition) is 2. The van der Waals surface area contributed by atoms with Gasteiger partial charge in [-0.2, -0.15) is 13.2 Å². The molecule has 0 saturated heterocycles.